The zero-order valence-electron chi connectivity index (χ0n) is 8.53. The number of hydrogen-bond acceptors (Lipinski definition) is 3. The van der Waals surface area contributed by atoms with Crippen molar-refractivity contribution >= 4 is 5.97 Å². The molecule has 0 saturated heterocycles. The van der Waals surface area contributed by atoms with Gasteiger partial charge in [0.15, 0.2) is 0 Å². The average Bonchev–Trinajstić information content (AvgIpc) is 2.19. The van der Waals surface area contributed by atoms with Gasteiger partial charge in [-0.25, -0.2) is 0 Å². The highest BCUT2D eigenvalue weighted by Gasteiger charge is 2.41. The zero-order chi connectivity index (χ0) is 10.6. The molecule has 0 aliphatic heterocycles. The standard InChI is InChI=1S/C10H18O4/c1-14-8-2-4-10(5-3-8,6-7-11)9(12)13/h8,11H,2-7H2,1H3,(H,12,13). The molecule has 0 aromatic heterocycles. The van der Waals surface area contributed by atoms with Gasteiger partial charge in [0.1, 0.15) is 0 Å². The Kier molecular flexibility index (Phi) is 3.89. The van der Waals surface area contributed by atoms with Crippen LogP contribution in [0.15, 0.2) is 0 Å². The molecule has 14 heavy (non-hydrogen) atoms. The van der Waals surface area contributed by atoms with Gasteiger partial charge < -0.3 is 14.9 Å². The van der Waals surface area contributed by atoms with Crippen molar-refractivity contribution in [3.05, 3.63) is 0 Å². The maximum Gasteiger partial charge on any atom is 0.309 e. The van der Waals surface area contributed by atoms with Crippen LogP contribution < -0.4 is 0 Å². The molecule has 1 rings (SSSR count). The summed E-state index contributed by atoms with van der Waals surface area (Å²) in [5.41, 5.74) is -0.705. The molecule has 1 aliphatic rings. The highest BCUT2D eigenvalue weighted by Crippen LogP contribution is 2.40. The molecule has 0 atom stereocenters. The van der Waals surface area contributed by atoms with Crippen LogP contribution in [0.4, 0.5) is 0 Å². The Labute approximate surface area is 83.9 Å². The van der Waals surface area contributed by atoms with E-state index in [-0.39, 0.29) is 12.7 Å². The molecule has 0 aromatic rings. The summed E-state index contributed by atoms with van der Waals surface area (Å²) in [7, 11) is 1.66. The molecule has 1 aliphatic carbocycles. The van der Waals surface area contributed by atoms with Crippen molar-refractivity contribution in [3.63, 3.8) is 0 Å². The van der Waals surface area contributed by atoms with Gasteiger partial charge >= 0.3 is 5.97 Å². The summed E-state index contributed by atoms with van der Waals surface area (Å²) in [6, 6.07) is 0. The fraction of sp³-hybridized carbons (Fsp3) is 0.900. The maximum absolute atomic E-state index is 11.1. The van der Waals surface area contributed by atoms with Gasteiger partial charge in [-0.2, -0.15) is 0 Å². The van der Waals surface area contributed by atoms with Gasteiger partial charge in [-0.05, 0) is 32.1 Å². The second kappa shape index (κ2) is 4.75. The van der Waals surface area contributed by atoms with Crippen LogP contribution in [0.2, 0.25) is 0 Å². The number of carbonyl (C=O) groups is 1. The monoisotopic (exact) mass is 202 g/mol. The minimum Gasteiger partial charge on any atom is -0.481 e. The van der Waals surface area contributed by atoms with Crippen LogP contribution in [-0.4, -0.2) is 36.0 Å². The normalized spacial score (nSPS) is 32.9. The number of aliphatic hydroxyl groups is 1. The van der Waals surface area contributed by atoms with Crippen LogP contribution in [0.3, 0.4) is 0 Å². The summed E-state index contributed by atoms with van der Waals surface area (Å²) in [4.78, 5) is 11.1. The summed E-state index contributed by atoms with van der Waals surface area (Å²) >= 11 is 0. The van der Waals surface area contributed by atoms with Crippen molar-refractivity contribution in [1.29, 1.82) is 0 Å². The minimum absolute atomic E-state index is 0.0516. The van der Waals surface area contributed by atoms with Gasteiger partial charge in [0.2, 0.25) is 0 Å². The van der Waals surface area contributed by atoms with Gasteiger partial charge in [-0.1, -0.05) is 0 Å². The molecule has 0 unspecified atom stereocenters. The summed E-state index contributed by atoms with van der Waals surface area (Å²) in [6.45, 7) is -0.0516. The van der Waals surface area contributed by atoms with E-state index < -0.39 is 11.4 Å². The first kappa shape index (κ1) is 11.5. The third-order valence-corrected chi connectivity index (χ3v) is 3.27. The third kappa shape index (κ3) is 2.25. The van der Waals surface area contributed by atoms with Gasteiger partial charge in [-0.3, -0.25) is 4.79 Å². The number of hydrogen-bond donors (Lipinski definition) is 2. The van der Waals surface area contributed by atoms with E-state index in [1.807, 2.05) is 0 Å². The van der Waals surface area contributed by atoms with Crippen molar-refractivity contribution in [2.45, 2.75) is 38.2 Å². The van der Waals surface area contributed by atoms with E-state index in [1.54, 1.807) is 7.11 Å². The molecule has 4 heteroatoms. The predicted octanol–water partition coefficient (Wildman–Crippen LogP) is 1.03. The number of aliphatic carboxylic acids is 1. The highest BCUT2D eigenvalue weighted by atomic mass is 16.5. The lowest BCUT2D eigenvalue weighted by Crippen LogP contribution is -2.38. The van der Waals surface area contributed by atoms with Crippen LogP contribution in [0.25, 0.3) is 0 Å². The Morgan fingerprint density at radius 1 is 1.50 bits per heavy atom. The number of carboxylic acids is 1. The van der Waals surface area contributed by atoms with E-state index in [2.05, 4.69) is 0 Å². The van der Waals surface area contributed by atoms with Crippen LogP contribution >= 0.6 is 0 Å². The Hall–Kier alpha value is -0.610. The van der Waals surface area contributed by atoms with Crippen LogP contribution in [0, 0.1) is 5.41 Å². The van der Waals surface area contributed by atoms with E-state index in [0.717, 1.165) is 12.8 Å². The van der Waals surface area contributed by atoms with Crippen molar-refractivity contribution in [3.8, 4) is 0 Å². The largest absolute Gasteiger partial charge is 0.481 e. The first-order valence-corrected chi connectivity index (χ1v) is 5.02. The fourth-order valence-electron chi connectivity index (χ4n) is 2.16. The van der Waals surface area contributed by atoms with Gasteiger partial charge in [0, 0.05) is 13.7 Å². The lowest BCUT2D eigenvalue weighted by atomic mass is 9.71. The minimum atomic E-state index is -0.777. The number of rotatable bonds is 4. The molecular weight excluding hydrogens is 184 g/mol. The summed E-state index contributed by atoms with van der Waals surface area (Å²) in [5.74, 6) is -0.777. The first-order valence-electron chi connectivity index (χ1n) is 5.02. The van der Waals surface area contributed by atoms with Crippen molar-refractivity contribution in [2.75, 3.05) is 13.7 Å². The predicted molar refractivity (Wildman–Crippen MR) is 51.0 cm³/mol. The van der Waals surface area contributed by atoms with E-state index in [1.165, 1.54) is 0 Å². The molecule has 1 saturated carbocycles. The number of methoxy groups -OCH3 is 1. The molecule has 82 valence electrons. The van der Waals surface area contributed by atoms with Crippen LogP contribution in [0.5, 0.6) is 0 Å². The number of aliphatic hydroxyl groups excluding tert-OH is 1. The molecule has 2 N–H and O–H groups in total. The Balaban J connectivity index is 2.59. The summed E-state index contributed by atoms with van der Waals surface area (Å²) < 4.78 is 5.19. The SMILES string of the molecule is COC1CCC(CCO)(C(=O)O)CC1. The Morgan fingerprint density at radius 3 is 2.43 bits per heavy atom. The lowest BCUT2D eigenvalue weighted by molar-refractivity contribution is -0.154. The molecule has 0 amide bonds. The van der Waals surface area contributed by atoms with Crippen molar-refractivity contribution in [2.24, 2.45) is 5.41 Å². The van der Waals surface area contributed by atoms with E-state index in [9.17, 15) is 4.79 Å². The highest BCUT2D eigenvalue weighted by molar-refractivity contribution is 5.74. The lowest BCUT2D eigenvalue weighted by Gasteiger charge is -2.35. The zero-order valence-corrected chi connectivity index (χ0v) is 8.53. The van der Waals surface area contributed by atoms with E-state index in [0.29, 0.717) is 19.3 Å². The summed E-state index contributed by atoms with van der Waals surface area (Å²) in [5, 5.41) is 18.0. The molecule has 0 heterocycles. The molecule has 0 aromatic carbocycles. The summed E-state index contributed by atoms with van der Waals surface area (Å²) in [6.07, 6.45) is 3.34. The molecule has 4 nitrogen and oxygen atoms in total. The average molecular weight is 202 g/mol. The Bertz CT molecular complexity index is 194. The topological polar surface area (TPSA) is 66.8 Å². The smallest absolute Gasteiger partial charge is 0.309 e. The van der Waals surface area contributed by atoms with E-state index >= 15 is 0 Å². The van der Waals surface area contributed by atoms with Gasteiger partial charge in [0.05, 0.1) is 11.5 Å². The third-order valence-electron chi connectivity index (χ3n) is 3.27. The Morgan fingerprint density at radius 2 is 2.07 bits per heavy atom. The molecule has 1 fully saturated rings. The molecular formula is C10H18O4. The second-order valence-electron chi connectivity index (χ2n) is 3.99. The van der Waals surface area contributed by atoms with Crippen LogP contribution in [-0.2, 0) is 9.53 Å². The second-order valence-corrected chi connectivity index (χ2v) is 3.99. The fourth-order valence-corrected chi connectivity index (χ4v) is 2.16. The van der Waals surface area contributed by atoms with Gasteiger partial charge in [0.25, 0.3) is 0 Å². The maximum atomic E-state index is 11.1. The molecule has 0 spiro atoms. The van der Waals surface area contributed by atoms with E-state index in [4.69, 9.17) is 14.9 Å². The quantitative estimate of drug-likeness (QED) is 0.714. The van der Waals surface area contributed by atoms with Crippen molar-refractivity contribution < 1.29 is 19.7 Å². The number of ether oxygens (including phenoxy) is 1. The van der Waals surface area contributed by atoms with Crippen LogP contribution in [0.1, 0.15) is 32.1 Å². The molecule has 0 radical (unpaired) electrons. The van der Waals surface area contributed by atoms with Gasteiger partial charge in [-0.15, -0.1) is 0 Å². The molecule has 0 bridgehead atoms. The number of carboxylic acid groups (broad SMARTS) is 1. The first-order chi connectivity index (χ1) is 6.64. The van der Waals surface area contributed by atoms with Crippen molar-refractivity contribution in [1.82, 2.24) is 0 Å².